The molecule has 18 heavy (non-hydrogen) atoms. The summed E-state index contributed by atoms with van der Waals surface area (Å²) in [6, 6.07) is 9.61. The van der Waals surface area contributed by atoms with E-state index in [4.69, 9.17) is 4.74 Å². The Kier molecular flexibility index (Phi) is 5.69. The second kappa shape index (κ2) is 7.04. The fourth-order valence-corrected chi connectivity index (χ4v) is 2.13. The molecular weight excluding hydrogens is 228 g/mol. The first-order valence-electron chi connectivity index (χ1n) is 6.56. The van der Waals surface area contributed by atoms with E-state index in [0.717, 1.165) is 12.2 Å². The molecule has 0 aromatic heterocycles. The normalized spacial score (nSPS) is 11.2. The Morgan fingerprint density at radius 1 is 1.22 bits per heavy atom. The molecule has 0 aliphatic carbocycles. The van der Waals surface area contributed by atoms with Crippen molar-refractivity contribution in [1.29, 1.82) is 0 Å². The van der Waals surface area contributed by atoms with Gasteiger partial charge >= 0.3 is 5.97 Å². The highest BCUT2D eigenvalue weighted by Gasteiger charge is 2.33. The van der Waals surface area contributed by atoms with Crippen molar-refractivity contribution in [1.82, 2.24) is 0 Å². The van der Waals surface area contributed by atoms with Gasteiger partial charge in [-0.3, -0.25) is 4.79 Å². The summed E-state index contributed by atoms with van der Waals surface area (Å²) in [7, 11) is 0. The molecule has 1 N–H and O–H groups in total. The van der Waals surface area contributed by atoms with E-state index in [1.165, 1.54) is 0 Å². The summed E-state index contributed by atoms with van der Waals surface area (Å²) in [6.45, 7) is 4.45. The average molecular weight is 250 g/mol. The number of ether oxygens (including phenoxy) is 1. The van der Waals surface area contributed by atoms with Crippen molar-refractivity contribution in [2.45, 2.75) is 39.5 Å². The van der Waals surface area contributed by atoms with Crippen molar-refractivity contribution in [3.05, 3.63) is 30.3 Å². The van der Waals surface area contributed by atoms with Gasteiger partial charge in [-0.05, 0) is 37.8 Å². The largest absolute Gasteiger partial charge is 0.494 e. The smallest absolute Gasteiger partial charge is 0.309 e. The van der Waals surface area contributed by atoms with Gasteiger partial charge in [0.1, 0.15) is 5.75 Å². The summed E-state index contributed by atoms with van der Waals surface area (Å²) in [5, 5.41) is 9.30. The zero-order chi connectivity index (χ0) is 13.4. The standard InChI is InChI=1S/C15H22O3/c1-3-15(4-2,14(16)17)11-8-12-18-13-9-6-5-7-10-13/h5-7,9-10H,3-4,8,11-12H2,1-2H3,(H,16,17). The molecule has 0 bridgehead atoms. The number of carboxylic acids is 1. The van der Waals surface area contributed by atoms with Gasteiger partial charge in [0.05, 0.1) is 12.0 Å². The van der Waals surface area contributed by atoms with E-state index in [1.54, 1.807) is 0 Å². The van der Waals surface area contributed by atoms with E-state index >= 15 is 0 Å². The van der Waals surface area contributed by atoms with Crippen molar-refractivity contribution in [3.63, 3.8) is 0 Å². The minimum Gasteiger partial charge on any atom is -0.494 e. The molecule has 1 aromatic rings. The average Bonchev–Trinajstić information content (AvgIpc) is 2.40. The van der Waals surface area contributed by atoms with Crippen LogP contribution in [0.1, 0.15) is 39.5 Å². The third kappa shape index (κ3) is 3.76. The van der Waals surface area contributed by atoms with Gasteiger partial charge in [-0.15, -0.1) is 0 Å². The zero-order valence-corrected chi connectivity index (χ0v) is 11.2. The highest BCUT2D eigenvalue weighted by atomic mass is 16.5. The minimum absolute atomic E-state index is 0.568. The molecule has 0 fully saturated rings. The van der Waals surface area contributed by atoms with Gasteiger partial charge < -0.3 is 9.84 Å². The van der Waals surface area contributed by atoms with Gasteiger partial charge in [-0.1, -0.05) is 32.0 Å². The van der Waals surface area contributed by atoms with Crippen LogP contribution in [0.5, 0.6) is 5.75 Å². The summed E-state index contributed by atoms with van der Waals surface area (Å²) in [4.78, 5) is 11.3. The Bertz CT molecular complexity index is 355. The lowest BCUT2D eigenvalue weighted by atomic mass is 9.78. The number of carbonyl (C=O) groups is 1. The molecule has 0 atom stereocenters. The molecule has 0 radical (unpaired) electrons. The number of hydrogen-bond acceptors (Lipinski definition) is 2. The van der Waals surface area contributed by atoms with E-state index in [2.05, 4.69) is 0 Å². The molecule has 0 aliphatic heterocycles. The van der Waals surface area contributed by atoms with Crippen LogP contribution in [0.4, 0.5) is 0 Å². The van der Waals surface area contributed by atoms with Crippen molar-refractivity contribution in [2.75, 3.05) is 6.61 Å². The van der Waals surface area contributed by atoms with E-state index in [9.17, 15) is 9.90 Å². The number of aliphatic carboxylic acids is 1. The molecule has 0 unspecified atom stereocenters. The van der Waals surface area contributed by atoms with E-state index in [0.29, 0.717) is 25.9 Å². The summed E-state index contributed by atoms with van der Waals surface area (Å²) in [5.41, 5.74) is -0.583. The lowest BCUT2D eigenvalue weighted by molar-refractivity contribution is -0.150. The van der Waals surface area contributed by atoms with Crippen LogP contribution in [0, 0.1) is 5.41 Å². The predicted octanol–water partition coefficient (Wildman–Crippen LogP) is 3.74. The van der Waals surface area contributed by atoms with Crippen molar-refractivity contribution >= 4 is 5.97 Å². The number of carboxylic acid groups (broad SMARTS) is 1. The SMILES string of the molecule is CCC(CC)(CCCOc1ccccc1)C(=O)O. The Hall–Kier alpha value is -1.51. The third-order valence-electron chi connectivity index (χ3n) is 3.62. The Morgan fingerprint density at radius 3 is 2.33 bits per heavy atom. The number of hydrogen-bond donors (Lipinski definition) is 1. The van der Waals surface area contributed by atoms with Gasteiger partial charge in [0.2, 0.25) is 0 Å². The van der Waals surface area contributed by atoms with Crippen LogP contribution < -0.4 is 4.74 Å². The molecular formula is C15H22O3. The monoisotopic (exact) mass is 250 g/mol. The first-order chi connectivity index (χ1) is 8.64. The summed E-state index contributed by atoms with van der Waals surface area (Å²) in [5.74, 6) is 0.152. The van der Waals surface area contributed by atoms with Crippen LogP contribution in [0.3, 0.4) is 0 Å². The second-order valence-electron chi connectivity index (χ2n) is 4.56. The fourth-order valence-electron chi connectivity index (χ4n) is 2.13. The maximum Gasteiger partial charge on any atom is 0.309 e. The molecule has 3 heteroatoms. The van der Waals surface area contributed by atoms with Crippen LogP contribution >= 0.6 is 0 Å². The number of rotatable bonds is 8. The van der Waals surface area contributed by atoms with Crippen molar-refractivity contribution in [2.24, 2.45) is 5.41 Å². The van der Waals surface area contributed by atoms with E-state index in [-0.39, 0.29) is 0 Å². The number of benzene rings is 1. The van der Waals surface area contributed by atoms with Crippen LogP contribution in [-0.4, -0.2) is 17.7 Å². The molecule has 0 heterocycles. The topological polar surface area (TPSA) is 46.5 Å². The van der Waals surface area contributed by atoms with E-state index < -0.39 is 11.4 Å². The van der Waals surface area contributed by atoms with Crippen molar-refractivity contribution in [3.8, 4) is 5.75 Å². The molecule has 0 saturated carbocycles. The highest BCUT2D eigenvalue weighted by Crippen LogP contribution is 2.32. The maximum absolute atomic E-state index is 11.3. The second-order valence-corrected chi connectivity index (χ2v) is 4.56. The van der Waals surface area contributed by atoms with Crippen LogP contribution in [-0.2, 0) is 4.79 Å². The van der Waals surface area contributed by atoms with Gasteiger partial charge in [0, 0.05) is 0 Å². The van der Waals surface area contributed by atoms with E-state index in [1.807, 2.05) is 44.2 Å². The Morgan fingerprint density at radius 2 is 1.83 bits per heavy atom. The molecule has 1 aromatic carbocycles. The highest BCUT2D eigenvalue weighted by molar-refractivity contribution is 5.74. The molecule has 0 saturated heterocycles. The molecule has 1 rings (SSSR count). The van der Waals surface area contributed by atoms with Gasteiger partial charge in [0.15, 0.2) is 0 Å². The maximum atomic E-state index is 11.3. The quantitative estimate of drug-likeness (QED) is 0.715. The van der Waals surface area contributed by atoms with Crippen LogP contribution in [0.25, 0.3) is 0 Å². The summed E-state index contributed by atoms with van der Waals surface area (Å²) < 4.78 is 5.58. The summed E-state index contributed by atoms with van der Waals surface area (Å²) >= 11 is 0. The minimum atomic E-state index is -0.688. The van der Waals surface area contributed by atoms with Crippen LogP contribution in [0.2, 0.25) is 0 Å². The molecule has 100 valence electrons. The van der Waals surface area contributed by atoms with Gasteiger partial charge in [-0.2, -0.15) is 0 Å². The zero-order valence-electron chi connectivity index (χ0n) is 11.2. The number of para-hydroxylation sites is 1. The van der Waals surface area contributed by atoms with Gasteiger partial charge in [-0.25, -0.2) is 0 Å². The van der Waals surface area contributed by atoms with Crippen LogP contribution in [0.15, 0.2) is 30.3 Å². The molecule has 0 amide bonds. The Labute approximate surface area is 109 Å². The first-order valence-corrected chi connectivity index (χ1v) is 6.56. The predicted molar refractivity (Wildman–Crippen MR) is 71.8 cm³/mol. The lowest BCUT2D eigenvalue weighted by Crippen LogP contribution is -2.30. The van der Waals surface area contributed by atoms with Crippen molar-refractivity contribution < 1.29 is 14.6 Å². The Balaban J connectivity index is 2.38. The molecule has 0 spiro atoms. The third-order valence-corrected chi connectivity index (χ3v) is 3.62. The summed E-state index contributed by atoms with van der Waals surface area (Å²) in [6.07, 6.45) is 2.78. The van der Waals surface area contributed by atoms with Gasteiger partial charge in [0.25, 0.3) is 0 Å². The lowest BCUT2D eigenvalue weighted by Gasteiger charge is -2.26. The first kappa shape index (κ1) is 14.6. The molecule has 0 aliphatic rings. The molecule has 3 nitrogen and oxygen atoms in total. The fraction of sp³-hybridized carbons (Fsp3) is 0.533.